The van der Waals surface area contributed by atoms with Crippen LogP contribution in [0.3, 0.4) is 0 Å². The predicted molar refractivity (Wildman–Crippen MR) is 59.1 cm³/mol. The van der Waals surface area contributed by atoms with Gasteiger partial charge in [0, 0.05) is 11.3 Å². The van der Waals surface area contributed by atoms with Gasteiger partial charge < -0.3 is 4.74 Å². The SMILES string of the molecule is CC(C)c1ccc(C(C)C)c(OC(F)(F)F)n1. The van der Waals surface area contributed by atoms with E-state index in [9.17, 15) is 13.2 Å². The van der Waals surface area contributed by atoms with Crippen molar-refractivity contribution in [1.29, 1.82) is 0 Å². The summed E-state index contributed by atoms with van der Waals surface area (Å²) in [6.45, 7) is 7.34. The van der Waals surface area contributed by atoms with Gasteiger partial charge in [0.2, 0.25) is 5.88 Å². The molecular weight excluding hydrogens is 231 g/mol. The molecule has 0 aliphatic carbocycles. The van der Waals surface area contributed by atoms with Crippen molar-refractivity contribution >= 4 is 0 Å². The number of ether oxygens (including phenoxy) is 1. The van der Waals surface area contributed by atoms with Gasteiger partial charge in [-0.15, -0.1) is 13.2 Å². The van der Waals surface area contributed by atoms with E-state index in [1.165, 1.54) is 0 Å². The molecule has 0 amide bonds. The van der Waals surface area contributed by atoms with E-state index in [4.69, 9.17) is 0 Å². The van der Waals surface area contributed by atoms with Crippen molar-refractivity contribution < 1.29 is 17.9 Å². The van der Waals surface area contributed by atoms with Crippen LogP contribution in [-0.2, 0) is 0 Å². The lowest BCUT2D eigenvalue weighted by molar-refractivity contribution is -0.276. The van der Waals surface area contributed by atoms with Crippen molar-refractivity contribution in [2.24, 2.45) is 0 Å². The zero-order chi connectivity index (χ0) is 13.2. The highest BCUT2D eigenvalue weighted by Crippen LogP contribution is 2.30. The lowest BCUT2D eigenvalue weighted by atomic mass is 10.0. The molecule has 1 aromatic heterocycles. The second kappa shape index (κ2) is 4.94. The first-order valence-electron chi connectivity index (χ1n) is 5.47. The van der Waals surface area contributed by atoms with Gasteiger partial charge >= 0.3 is 6.36 Å². The Hall–Kier alpha value is -1.26. The van der Waals surface area contributed by atoms with E-state index < -0.39 is 6.36 Å². The summed E-state index contributed by atoms with van der Waals surface area (Å²) in [5, 5.41) is 0. The highest BCUT2D eigenvalue weighted by molar-refractivity contribution is 5.32. The maximum atomic E-state index is 12.3. The Balaban J connectivity index is 3.16. The van der Waals surface area contributed by atoms with Crippen LogP contribution in [0.15, 0.2) is 12.1 Å². The normalized spacial score (nSPS) is 12.3. The molecule has 1 heterocycles. The Labute approximate surface area is 98.8 Å². The van der Waals surface area contributed by atoms with E-state index >= 15 is 0 Å². The summed E-state index contributed by atoms with van der Waals surface area (Å²) in [7, 11) is 0. The summed E-state index contributed by atoms with van der Waals surface area (Å²) in [6.07, 6.45) is -4.70. The van der Waals surface area contributed by atoms with Crippen LogP contribution < -0.4 is 4.74 Å². The molecule has 0 aliphatic rings. The maximum Gasteiger partial charge on any atom is 0.574 e. The number of hydrogen-bond acceptors (Lipinski definition) is 2. The van der Waals surface area contributed by atoms with Crippen molar-refractivity contribution in [3.05, 3.63) is 23.4 Å². The fourth-order valence-corrected chi connectivity index (χ4v) is 1.42. The Kier molecular flexibility index (Phi) is 4.01. The molecule has 17 heavy (non-hydrogen) atoms. The van der Waals surface area contributed by atoms with Gasteiger partial charge in [0.05, 0.1) is 0 Å². The van der Waals surface area contributed by atoms with E-state index in [0.717, 1.165) is 0 Å². The molecule has 0 unspecified atom stereocenters. The van der Waals surface area contributed by atoms with E-state index in [1.807, 2.05) is 13.8 Å². The van der Waals surface area contributed by atoms with Crippen LogP contribution >= 0.6 is 0 Å². The zero-order valence-corrected chi connectivity index (χ0v) is 10.3. The number of nitrogens with zero attached hydrogens (tertiary/aromatic N) is 1. The lowest BCUT2D eigenvalue weighted by Gasteiger charge is -2.16. The number of alkyl halides is 3. The fourth-order valence-electron chi connectivity index (χ4n) is 1.42. The highest BCUT2D eigenvalue weighted by Gasteiger charge is 2.33. The topological polar surface area (TPSA) is 22.1 Å². The first-order chi connectivity index (χ1) is 7.70. The number of hydrogen-bond donors (Lipinski definition) is 0. The highest BCUT2D eigenvalue weighted by atomic mass is 19.4. The minimum Gasteiger partial charge on any atom is -0.388 e. The van der Waals surface area contributed by atoms with Gasteiger partial charge in [-0.1, -0.05) is 33.8 Å². The summed E-state index contributed by atoms with van der Waals surface area (Å²) in [5.41, 5.74) is 1.06. The largest absolute Gasteiger partial charge is 0.574 e. The van der Waals surface area contributed by atoms with E-state index in [1.54, 1.807) is 26.0 Å². The van der Waals surface area contributed by atoms with Crippen LogP contribution in [0.5, 0.6) is 5.88 Å². The molecule has 0 aromatic carbocycles. The first-order valence-corrected chi connectivity index (χ1v) is 5.47. The van der Waals surface area contributed by atoms with Crippen molar-refractivity contribution in [2.75, 3.05) is 0 Å². The Bertz CT molecular complexity index is 386. The third kappa shape index (κ3) is 3.91. The summed E-state index contributed by atoms with van der Waals surface area (Å²) in [5.74, 6) is -0.341. The molecule has 0 fully saturated rings. The number of aromatic nitrogens is 1. The second-order valence-electron chi connectivity index (χ2n) is 4.49. The van der Waals surface area contributed by atoms with Gasteiger partial charge in [0.15, 0.2) is 0 Å². The summed E-state index contributed by atoms with van der Waals surface area (Å²) < 4.78 is 40.7. The van der Waals surface area contributed by atoms with E-state index in [2.05, 4.69) is 9.72 Å². The third-order valence-corrected chi connectivity index (χ3v) is 2.34. The molecule has 0 bridgehead atoms. The number of pyridine rings is 1. The average molecular weight is 247 g/mol. The standard InChI is InChI=1S/C12H16F3NO/c1-7(2)9-5-6-10(8(3)4)16-11(9)17-12(13,14)15/h5-8H,1-4H3. The summed E-state index contributed by atoms with van der Waals surface area (Å²) in [4.78, 5) is 3.94. The molecule has 0 radical (unpaired) electrons. The van der Waals surface area contributed by atoms with Crippen molar-refractivity contribution in [2.45, 2.75) is 45.9 Å². The monoisotopic (exact) mass is 247 g/mol. The summed E-state index contributed by atoms with van der Waals surface area (Å²) >= 11 is 0. The molecule has 0 saturated heterocycles. The number of halogens is 3. The van der Waals surface area contributed by atoms with Crippen LogP contribution in [0.25, 0.3) is 0 Å². The quantitative estimate of drug-likeness (QED) is 0.797. The van der Waals surface area contributed by atoms with Crippen molar-refractivity contribution in [1.82, 2.24) is 4.98 Å². The zero-order valence-electron chi connectivity index (χ0n) is 10.3. The third-order valence-electron chi connectivity index (χ3n) is 2.34. The van der Waals surface area contributed by atoms with Gasteiger partial charge in [-0.2, -0.15) is 0 Å². The minimum absolute atomic E-state index is 0.0618. The van der Waals surface area contributed by atoms with Crippen LogP contribution in [0.2, 0.25) is 0 Å². The Morgan fingerprint density at radius 2 is 1.65 bits per heavy atom. The van der Waals surface area contributed by atoms with Gasteiger partial charge in [0.1, 0.15) is 0 Å². The molecule has 0 atom stereocenters. The van der Waals surface area contributed by atoms with E-state index in [-0.39, 0.29) is 17.7 Å². The maximum absolute atomic E-state index is 12.3. The fraction of sp³-hybridized carbons (Fsp3) is 0.583. The number of rotatable bonds is 3. The molecule has 5 heteroatoms. The van der Waals surface area contributed by atoms with Crippen LogP contribution in [0.1, 0.15) is 50.8 Å². The van der Waals surface area contributed by atoms with Crippen LogP contribution in [0, 0.1) is 0 Å². The molecule has 0 N–H and O–H groups in total. The molecule has 0 spiro atoms. The smallest absolute Gasteiger partial charge is 0.388 e. The Morgan fingerprint density at radius 1 is 1.06 bits per heavy atom. The van der Waals surface area contributed by atoms with Gasteiger partial charge in [0.25, 0.3) is 0 Å². The summed E-state index contributed by atoms with van der Waals surface area (Å²) in [6, 6.07) is 3.39. The molecular formula is C12H16F3NO. The van der Waals surface area contributed by atoms with Gasteiger partial charge in [-0.05, 0) is 17.9 Å². The van der Waals surface area contributed by atoms with Crippen LogP contribution in [0.4, 0.5) is 13.2 Å². The Morgan fingerprint density at radius 3 is 2.06 bits per heavy atom. The van der Waals surface area contributed by atoms with Gasteiger partial charge in [-0.25, -0.2) is 4.98 Å². The molecule has 0 aliphatic heterocycles. The molecule has 1 rings (SSSR count). The molecule has 1 aromatic rings. The second-order valence-corrected chi connectivity index (χ2v) is 4.49. The first kappa shape index (κ1) is 13.8. The molecule has 96 valence electrons. The molecule has 0 saturated carbocycles. The van der Waals surface area contributed by atoms with Crippen molar-refractivity contribution in [3.63, 3.8) is 0 Å². The lowest BCUT2D eigenvalue weighted by Crippen LogP contribution is -2.19. The van der Waals surface area contributed by atoms with Gasteiger partial charge in [-0.3, -0.25) is 0 Å². The minimum atomic E-state index is -4.70. The van der Waals surface area contributed by atoms with Crippen molar-refractivity contribution in [3.8, 4) is 5.88 Å². The molecule has 2 nitrogen and oxygen atoms in total. The van der Waals surface area contributed by atoms with E-state index in [0.29, 0.717) is 11.3 Å². The van der Waals surface area contributed by atoms with Crippen LogP contribution in [-0.4, -0.2) is 11.3 Å². The predicted octanol–water partition coefficient (Wildman–Crippen LogP) is 4.23. The average Bonchev–Trinajstić information content (AvgIpc) is 2.14.